The molecule has 0 amide bonds. The van der Waals surface area contributed by atoms with E-state index in [-0.39, 0.29) is 35.5 Å². The summed E-state index contributed by atoms with van der Waals surface area (Å²) >= 11 is 0. The maximum atomic E-state index is 10.6. The molecule has 0 bridgehead atoms. The predicted octanol–water partition coefficient (Wildman–Crippen LogP) is -2.15. The average molecular weight is 242 g/mol. The van der Waals surface area contributed by atoms with Crippen molar-refractivity contribution in [1.82, 2.24) is 0 Å². The molecule has 0 heterocycles. The Bertz CT molecular complexity index is 336. The van der Waals surface area contributed by atoms with Gasteiger partial charge in [-0.1, -0.05) is 18.6 Å². The summed E-state index contributed by atoms with van der Waals surface area (Å²) in [5.74, 6) is -0.510. The van der Waals surface area contributed by atoms with E-state index in [1.54, 1.807) is 0 Å². The van der Waals surface area contributed by atoms with E-state index >= 15 is 0 Å². The van der Waals surface area contributed by atoms with Crippen molar-refractivity contribution >= 4 is 10.1 Å². The number of aliphatic hydroxyl groups excluding tert-OH is 1. The van der Waals surface area contributed by atoms with Crippen molar-refractivity contribution < 1.29 is 47.6 Å². The van der Waals surface area contributed by atoms with Gasteiger partial charge in [0.1, 0.15) is 15.6 Å². The first-order valence-corrected chi connectivity index (χ1v) is 6.09. The van der Waals surface area contributed by atoms with E-state index in [0.717, 1.165) is 6.42 Å². The fourth-order valence-corrected chi connectivity index (χ4v) is 2.74. The van der Waals surface area contributed by atoms with Gasteiger partial charge in [0.05, 0.1) is 0 Å². The summed E-state index contributed by atoms with van der Waals surface area (Å²) in [5, 5.41) is 9.34. The van der Waals surface area contributed by atoms with Crippen LogP contribution in [-0.2, 0) is 10.1 Å². The van der Waals surface area contributed by atoms with Crippen LogP contribution in [0.3, 0.4) is 0 Å². The number of aliphatic hydroxyl groups is 1. The van der Waals surface area contributed by atoms with Crippen LogP contribution >= 0.6 is 0 Å². The molecule has 1 rings (SSSR count). The number of rotatable bonds is 2. The summed E-state index contributed by atoms with van der Waals surface area (Å²) in [4.78, 5) is 0. The van der Waals surface area contributed by atoms with Crippen molar-refractivity contribution in [3.63, 3.8) is 0 Å². The molecule has 0 fully saturated rings. The topological polar surface area (TPSA) is 77.4 Å². The van der Waals surface area contributed by atoms with Crippen molar-refractivity contribution in [3.8, 4) is 0 Å². The van der Waals surface area contributed by atoms with E-state index < -0.39 is 21.5 Å². The third-order valence-corrected chi connectivity index (χ3v) is 3.70. The van der Waals surface area contributed by atoms with Crippen LogP contribution in [-0.4, -0.2) is 23.5 Å². The third-order valence-electron chi connectivity index (χ3n) is 2.76. The van der Waals surface area contributed by atoms with E-state index in [1.807, 2.05) is 19.9 Å². The molecule has 1 aliphatic carbocycles. The van der Waals surface area contributed by atoms with Crippen LogP contribution in [0, 0.1) is 11.8 Å². The second kappa shape index (κ2) is 5.80. The van der Waals surface area contributed by atoms with Crippen LogP contribution < -0.4 is 29.6 Å². The smallest absolute Gasteiger partial charge is 0.746 e. The monoisotopic (exact) mass is 242 g/mol. The molecule has 1 N–H and O–H groups in total. The van der Waals surface area contributed by atoms with Crippen LogP contribution in [0.2, 0.25) is 0 Å². The quantitative estimate of drug-likeness (QED) is 0.340. The minimum atomic E-state index is -4.58. The van der Waals surface area contributed by atoms with Gasteiger partial charge in [-0.3, -0.25) is 0 Å². The number of hydrogen-bond acceptors (Lipinski definition) is 4. The first-order valence-electron chi connectivity index (χ1n) is 4.62. The van der Waals surface area contributed by atoms with E-state index in [9.17, 15) is 18.1 Å². The zero-order valence-electron chi connectivity index (χ0n) is 9.30. The molecule has 0 aromatic heterocycles. The van der Waals surface area contributed by atoms with Gasteiger partial charge in [0.2, 0.25) is 0 Å². The Labute approximate surface area is 113 Å². The fourth-order valence-electron chi connectivity index (χ4n) is 1.93. The fraction of sp³-hybridized carbons (Fsp3) is 0.778. The Morgan fingerprint density at radius 2 is 2.13 bits per heavy atom. The van der Waals surface area contributed by atoms with Crippen LogP contribution in [0.5, 0.6) is 0 Å². The molecule has 0 aromatic rings. The molecule has 15 heavy (non-hydrogen) atoms. The van der Waals surface area contributed by atoms with E-state index in [1.165, 1.54) is 5.57 Å². The van der Waals surface area contributed by atoms with E-state index in [2.05, 4.69) is 0 Å². The first-order chi connectivity index (χ1) is 6.32. The molecule has 3 unspecified atom stereocenters. The molecule has 3 atom stereocenters. The molecule has 4 nitrogen and oxygen atoms in total. The van der Waals surface area contributed by atoms with Gasteiger partial charge < -0.3 is 9.66 Å². The minimum absolute atomic E-state index is 0. The van der Waals surface area contributed by atoms with Crippen molar-refractivity contribution in [1.29, 1.82) is 0 Å². The molecule has 82 valence electrons. The van der Waals surface area contributed by atoms with Crippen LogP contribution in [0.15, 0.2) is 11.6 Å². The van der Waals surface area contributed by atoms with Gasteiger partial charge in [0.15, 0.2) is 0 Å². The molecule has 0 saturated carbocycles. The first kappa shape index (κ1) is 15.6. The van der Waals surface area contributed by atoms with E-state index in [4.69, 9.17) is 0 Å². The summed E-state index contributed by atoms with van der Waals surface area (Å²) in [7, 11) is -4.58. The average Bonchev–Trinajstić information content (AvgIpc) is 2.01. The Hall–Kier alpha value is 0.610. The van der Waals surface area contributed by atoms with Crippen LogP contribution in [0.4, 0.5) is 0 Å². The van der Waals surface area contributed by atoms with Gasteiger partial charge in [-0.05, 0) is 25.7 Å². The van der Waals surface area contributed by atoms with Crippen molar-refractivity contribution in [2.45, 2.75) is 32.1 Å². The third kappa shape index (κ3) is 4.17. The summed E-state index contributed by atoms with van der Waals surface area (Å²) in [6, 6.07) is 0. The predicted molar refractivity (Wildman–Crippen MR) is 51.3 cm³/mol. The second-order valence-electron chi connectivity index (χ2n) is 3.96. The van der Waals surface area contributed by atoms with Gasteiger partial charge in [0, 0.05) is 5.92 Å². The Balaban J connectivity index is 0.00000196. The summed E-state index contributed by atoms with van der Waals surface area (Å²) in [6.07, 6.45) is 3.23. The molecule has 0 radical (unpaired) electrons. The van der Waals surface area contributed by atoms with Crippen molar-refractivity contribution in [2.75, 3.05) is 0 Å². The van der Waals surface area contributed by atoms with Gasteiger partial charge in [-0.15, -0.1) is 0 Å². The Morgan fingerprint density at radius 3 is 2.53 bits per heavy atom. The molecular weight excluding hydrogens is 227 g/mol. The molecule has 6 heteroatoms. The SMILES string of the molecule is CC1=CC(C)C(C(O)S(=O)(=O)[O-])CC1.[Na+]. The summed E-state index contributed by atoms with van der Waals surface area (Å²) in [6.45, 7) is 3.78. The Morgan fingerprint density at radius 1 is 1.60 bits per heavy atom. The zero-order valence-corrected chi connectivity index (χ0v) is 12.1. The maximum absolute atomic E-state index is 10.6. The maximum Gasteiger partial charge on any atom is 1.00 e. The largest absolute Gasteiger partial charge is 1.00 e. The van der Waals surface area contributed by atoms with Gasteiger partial charge in [0.25, 0.3) is 0 Å². The number of hydrogen-bond donors (Lipinski definition) is 1. The van der Waals surface area contributed by atoms with Crippen molar-refractivity contribution in [3.05, 3.63) is 11.6 Å². The molecule has 0 spiro atoms. The second-order valence-corrected chi connectivity index (χ2v) is 5.43. The summed E-state index contributed by atoms with van der Waals surface area (Å²) < 4.78 is 31.9. The zero-order chi connectivity index (χ0) is 10.9. The molecule has 0 aromatic carbocycles. The van der Waals surface area contributed by atoms with Gasteiger partial charge in [-0.2, -0.15) is 0 Å². The summed E-state index contributed by atoms with van der Waals surface area (Å²) in [5.41, 5.74) is -0.578. The minimum Gasteiger partial charge on any atom is -0.746 e. The Kier molecular flexibility index (Phi) is 6.03. The normalized spacial score (nSPS) is 28.9. The molecular formula is C9H15NaO4S. The van der Waals surface area contributed by atoms with Gasteiger partial charge in [-0.25, -0.2) is 8.42 Å². The number of allylic oxidation sites excluding steroid dienone is 2. The molecule has 1 aliphatic rings. The molecule has 0 aliphatic heterocycles. The molecule has 0 saturated heterocycles. The van der Waals surface area contributed by atoms with Crippen molar-refractivity contribution in [2.24, 2.45) is 11.8 Å². The van der Waals surface area contributed by atoms with Gasteiger partial charge >= 0.3 is 29.6 Å². The van der Waals surface area contributed by atoms with Crippen LogP contribution in [0.25, 0.3) is 0 Å². The standard InChI is InChI=1S/C9H16O4S.Na/c1-6-3-4-8(7(2)5-6)9(10)14(11,12)13;/h5,7-10H,3-4H2,1-2H3,(H,11,12,13);/q;+1/p-1. The van der Waals surface area contributed by atoms with Crippen LogP contribution in [0.1, 0.15) is 26.7 Å². The van der Waals surface area contributed by atoms with E-state index in [0.29, 0.717) is 6.42 Å².